The standard InChI is InChI=1S/C13H19FO3/c1-9(2)16-6-7-17-13-5-4-11(10(3)15)8-12(13)14/h4-5,8-10,15H,6-7H2,1-3H3/t10-/m1/s1. The van der Waals surface area contributed by atoms with E-state index in [0.717, 1.165) is 0 Å². The lowest BCUT2D eigenvalue weighted by Gasteiger charge is -2.11. The molecule has 0 radical (unpaired) electrons. The number of aliphatic hydroxyl groups excluding tert-OH is 1. The first-order chi connectivity index (χ1) is 8.00. The Morgan fingerprint density at radius 3 is 2.47 bits per heavy atom. The van der Waals surface area contributed by atoms with Gasteiger partial charge in [-0.15, -0.1) is 0 Å². The van der Waals surface area contributed by atoms with Gasteiger partial charge in [0.15, 0.2) is 11.6 Å². The van der Waals surface area contributed by atoms with Crippen molar-refractivity contribution >= 4 is 0 Å². The van der Waals surface area contributed by atoms with Crippen LogP contribution < -0.4 is 4.74 Å². The van der Waals surface area contributed by atoms with E-state index < -0.39 is 11.9 Å². The van der Waals surface area contributed by atoms with Crippen molar-refractivity contribution in [2.24, 2.45) is 0 Å². The van der Waals surface area contributed by atoms with Gasteiger partial charge in [-0.25, -0.2) is 4.39 Å². The summed E-state index contributed by atoms with van der Waals surface area (Å²) in [4.78, 5) is 0. The molecule has 1 aromatic carbocycles. The van der Waals surface area contributed by atoms with Crippen molar-refractivity contribution in [1.29, 1.82) is 0 Å². The van der Waals surface area contributed by atoms with E-state index in [9.17, 15) is 9.50 Å². The van der Waals surface area contributed by atoms with Gasteiger partial charge in [-0.05, 0) is 38.5 Å². The van der Waals surface area contributed by atoms with Crippen LogP contribution in [0.25, 0.3) is 0 Å². The van der Waals surface area contributed by atoms with Crippen molar-refractivity contribution in [1.82, 2.24) is 0 Å². The Hall–Kier alpha value is -1.13. The van der Waals surface area contributed by atoms with Gasteiger partial charge in [-0.3, -0.25) is 0 Å². The maximum atomic E-state index is 13.5. The Morgan fingerprint density at radius 2 is 1.94 bits per heavy atom. The number of rotatable bonds is 6. The highest BCUT2D eigenvalue weighted by molar-refractivity contribution is 5.30. The number of benzene rings is 1. The van der Waals surface area contributed by atoms with Gasteiger partial charge in [0.1, 0.15) is 6.61 Å². The van der Waals surface area contributed by atoms with Crippen molar-refractivity contribution in [3.8, 4) is 5.75 Å². The Bertz CT molecular complexity index is 351. The van der Waals surface area contributed by atoms with Crippen LogP contribution in [0.15, 0.2) is 18.2 Å². The van der Waals surface area contributed by atoms with Gasteiger partial charge >= 0.3 is 0 Å². The SMILES string of the molecule is CC(C)OCCOc1ccc([C@@H](C)O)cc1F. The van der Waals surface area contributed by atoms with Gasteiger partial charge in [0, 0.05) is 0 Å². The minimum atomic E-state index is -0.678. The predicted octanol–water partition coefficient (Wildman–Crippen LogP) is 2.68. The van der Waals surface area contributed by atoms with Crippen LogP contribution in [0.5, 0.6) is 5.75 Å². The van der Waals surface area contributed by atoms with E-state index in [1.807, 2.05) is 13.8 Å². The van der Waals surface area contributed by atoms with E-state index in [0.29, 0.717) is 18.8 Å². The van der Waals surface area contributed by atoms with Gasteiger partial charge in [-0.1, -0.05) is 6.07 Å². The van der Waals surface area contributed by atoms with Crippen LogP contribution in [0.4, 0.5) is 4.39 Å². The number of ether oxygens (including phenoxy) is 2. The fourth-order valence-corrected chi connectivity index (χ4v) is 1.33. The molecule has 0 aliphatic heterocycles. The largest absolute Gasteiger partial charge is 0.488 e. The summed E-state index contributed by atoms with van der Waals surface area (Å²) in [6.45, 7) is 6.18. The third-order valence-corrected chi connectivity index (χ3v) is 2.23. The van der Waals surface area contributed by atoms with Gasteiger partial charge in [-0.2, -0.15) is 0 Å². The molecule has 0 aromatic heterocycles. The molecule has 96 valence electrons. The van der Waals surface area contributed by atoms with Crippen molar-refractivity contribution in [2.75, 3.05) is 13.2 Å². The number of hydrogen-bond acceptors (Lipinski definition) is 3. The highest BCUT2D eigenvalue weighted by atomic mass is 19.1. The van der Waals surface area contributed by atoms with Gasteiger partial charge < -0.3 is 14.6 Å². The van der Waals surface area contributed by atoms with Crippen LogP contribution in [-0.2, 0) is 4.74 Å². The summed E-state index contributed by atoms with van der Waals surface area (Å²) in [6, 6.07) is 4.45. The molecule has 3 nitrogen and oxygen atoms in total. The molecule has 0 amide bonds. The number of aliphatic hydroxyl groups is 1. The molecule has 0 fully saturated rings. The van der Waals surface area contributed by atoms with E-state index >= 15 is 0 Å². The van der Waals surface area contributed by atoms with Gasteiger partial charge in [0.05, 0.1) is 18.8 Å². The average Bonchev–Trinajstić information content (AvgIpc) is 2.25. The molecule has 1 atom stereocenters. The molecule has 1 aromatic rings. The molecule has 1 N–H and O–H groups in total. The van der Waals surface area contributed by atoms with Gasteiger partial charge in [0.25, 0.3) is 0 Å². The lowest BCUT2D eigenvalue weighted by atomic mass is 10.1. The fourth-order valence-electron chi connectivity index (χ4n) is 1.33. The minimum absolute atomic E-state index is 0.140. The summed E-state index contributed by atoms with van der Waals surface area (Å²) < 4.78 is 24.0. The molecule has 0 aliphatic carbocycles. The van der Waals surface area contributed by atoms with E-state index in [-0.39, 0.29) is 11.9 Å². The molecule has 0 heterocycles. The number of hydrogen-bond donors (Lipinski definition) is 1. The molecule has 0 saturated heterocycles. The van der Waals surface area contributed by atoms with Crippen LogP contribution in [0.1, 0.15) is 32.4 Å². The molecule has 0 aliphatic rings. The zero-order valence-electron chi connectivity index (χ0n) is 10.4. The highest BCUT2D eigenvalue weighted by Gasteiger charge is 2.07. The second-order valence-electron chi connectivity index (χ2n) is 4.13. The topological polar surface area (TPSA) is 38.7 Å². The summed E-state index contributed by atoms with van der Waals surface area (Å²) in [5, 5.41) is 9.29. The van der Waals surface area contributed by atoms with Crippen LogP contribution >= 0.6 is 0 Å². The molecular weight excluding hydrogens is 223 g/mol. The Morgan fingerprint density at radius 1 is 1.24 bits per heavy atom. The van der Waals surface area contributed by atoms with E-state index in [1.54, 1.807) is 13.0 Å². The Kier molecular flexibility index (Phi) is 5.38. The summed E-state index contributed by atoms with van der Waals surface area (Å²) in [5.41, 5.74) is 0.535. The molecule has 1 rings (SSSR count). The van der Waals surface area contributed by atoms with Gasteiger partial charge in [0.2, 0.25) is 0 Å². The summed E-state index contributed by atoms with van der Waals surface area (Å²) in [7, 11) is 0. The van der Waals surface area contributed by atoms with Crippen LogP contribution in [0.2, 0.25) is 0 Å². The second kappa shape index (κ2) is 6.57. The van der Waals surface area contributed by atoms with Crippen molar-refractivity contribution in [2.45, 2.75) is 33.0 Å². The summed E-state index contributed by atoms with van der Waals surface area (Å²) in [5.74, 6) is -0.283. The molecule has 0 unspecified atom stereocenters. The van der Waals surface area contributed by atoms with Crippen LogP contribution in [-0.4, -0.2) is 24.4 Å². The summed E-state index contributed by atoms with van der Waals surface area (Å²) >= 11 is 0. The quantitative estimate of drug-likeness (QED) is 0.779. The second-order valence-corrected chi connectivity index (χ2v) is 4.13. The molecule has 4 heteroatoms. The Labute approximate surface area is 101 Å². The molecule has 0 saturated carbocycles. The zero-order valence-corrected chi connectivity index (χ0v) is 10.4. The lowest BCUT2D eigenvalue weighted by molar-refractivity contribution is 0.0544. The first kappa shape index (κ1) is 13.9. The Balaban J connectivity index is 2.49. The first-order valence-corrected chi connectivity index (χ1v) is 5.72. The van der Waals surface area contributed by atoms with Crippen LogP contribution in [0, 0.1) is 5.82 Å². The van der Waals surface area contributed by atoms with E-state index in [1.165, 1.54) is 12.1 Å². The maximum Gasteiger partial charge on any atom is 0.165 e. The predicted molar refractivity (Wildman–Crippen MR) is 63.6 cm³/mol. The first-order valence-electron chi connectivity index (χ1n) is 5.72. The zero-order chi connectivity index (χ0) is 12.8. The molecule has 17 heavy (non-hydrogen) atoms. The van der Waals surface area contributed by atoms with Crippen molar-refractivity contribution in [3.05, 3.63) is 29.6 Å². The monoisotopic (exact) mass is 242 g/mol. The molecule has 0 bridgehead atoms. The highest BCUT2D eigenvalue weighted by Crippen LogP contribution is 2.21. The van der Waals surface area contributed by atoms with Crippen molar-refractivity contribution < 1.29 is 19.0 Å². The minimum Gasteiger partial charge on any atom is -0.488 e. The molecular formula is C13H19FO3. The van der Waals surface area contributed by atoms with E-state index in [2.05, 4.69) is 0 Å². The molecule has 0 spiro atoms. The van der Waals surface area contributed by atoms with E-state index in [4.69, 9.17) is 9.47 Å². The lowest BCUT2D eigenvalue weighted by Crippen LogP contribution is -2.11. The number of halogens is 1. The maximum absolute atomic E-state index is 13.5. The third kappa shape index (κ3) is 4.71. The smallest absolute Gasteiger partial charge is 0.165 e. The fraction of sp³-hybridized carbons (Fsp3) is 0.538. The third-order valence-electron chi connectivity index (χ3n) is 2.23. The van der Waals surface area contributed by atoms with Crippen molar-refractivity contribution in [3.63, 3.8) is 0 Å². The normalized spacial score (nSPS) is 12.8. The summed E-state index contributed by atoms with van der Waals surface area (Å²) in [6.07, 6.45) is -0.538. The average molecular weight is 242 g/mol. The van der Waals surface area contributed by atoms with Crippen LogP contribution in [0.3, 0.4) is 0 Å².